The van der Waals surface area contributed by atoms with Crippen molar-refractivity contribution in [2.75, 3.05) is 0 Å². The summed E-state index contributed by atoms with van der Waals surface area (Å²) in [4.78, 5) is 13.0. The van der Waals surface area contributed by atoms with Crippen molar-refractivity contribution < 1.29 is 0 Å². The molecule has 1 aromatic carbocycles. The molecule has 4 heteroatoms. The molecule has 0 aliphatic rings. The SMILES string of the molecule is CCc1nc(C)nc(-c2ccc(Cl)cc2)n1. The van der Waals surface area contributed by atoms with E-state index in [-0.39, 0.29) is 0 Å². The van der Waals surface area contributed by atoms with Gasteiger partial charge in [-0.25, -0.2) is 15.0 Å². The molecule has 3 nitrogen and oxygen atoms in total. The standard InChI is InChI=1S/C12H12ClN3/c1-3-11-14-8(2)15-12(16-11)9-4-6-10(13)7-5-9/h4-7H,3H2,1-2H3. The van der Waals surface area contributed by atoms with Crippen LogP contribution in [0.2, 0.25) is 5.02 Å². The van der Waals surface area contributed by atoms with Crippen LogP contribution < -0.4 is 0 Å². The van der Waals surface area contributed by atoms with Gasteiger partial charge in [-0.1, -0.05) is 18.5 Å². The van der Waals surface area contributed by atoms with Gasteiger partial charge in [0.05, 0.1) is 0 Å². The van der Waals surface area contributed by atoms with Crippen LogP contribution in [0, 0.1) is 6.92 Å². The topological polar surface area (TPSA) is 38.7 Å². The van der Waals surface area contributed by atoms with Gasteiger partial charge < -0.3 is 0 Å². The quantitative estimate of drug-likeness (QED) is 0.800. The van der Waals surface area contributed by atoms with Gasteiger partial charge >= 0.3 is 0 Å². The highest BCUT2D eigenvalue weighted by Crippen LogP contribution is 2.18. The first kappa shape index (κ1) is 11.0. The molecule has 16 heavy (non-hydrogen) atoms. The van der Waals surface area contributed by atoms with Crippen molar-refractivity contribution in [2.45, 2.75) is 20.3 Å². The van der Waals surface area contributed by atoms with Crippen LogP contribution in [-0.2, 0) is 6.42 Å². The van der Waals surface area contributed by atoms with E-state index in [1.807, 2.05) is 38.1 Å². The molecule has 0 aliphatic carbocycles. The van der Waals surface area contributed by atoms with Gasteiger partial charge in [-0.15, -0.1) is 0 Å². The van der Waals surface area contributed by atoms with Crippen LogP contribution in [0.4, 0.5) is 0 Å². The van der Waals surface area contributed by atoms with Gasteiger partial charge in [0.2, 0.25) is 0 Å². The minimum absolute atomic E-state index is 0.709. The third kappa shape index (κ3) is 2.36. The number of aryl methyl sites for hydroxylation is 2. The summed E-state index contributed by atoms with van der Waals surface area (Å²) < 4.78 is 0. The molecule has 2 rings (SSSR count). The van der Waals surface area contributed by atoms with Crippen LogP contribution in [0.15, 0.2) is 24.3 Å². The second-order valence-electron chi connectivity index (χ2n) is 3.48. The zero-order valence-corrected chi connectivity index (χ0v) is 9.99. The minimum Gasteiger partial charge on any atom is -0.218 e. The molecule has 0 spiro atoms. The molecule has 0 radical (unpaired) electrons. The summed E-state index contributed by atoms with van der Waals surface area (Å²) in [6, 6.07) is 7.50. The van der Waals surface area contributed by atoms with Crippen molar-refractivity contribution in [3.8, 4) is 11.4 Å². The van der Waals surface area contributed by atoms with E-state index in [2.05, 4.69) is 15.0 Å². The molecule has 0 N–H and O–H groups in total. The van der Waals surface area contributed by atoms with Crippen LogP contribution in [0.3, 0.4) is 0 Å². The van der Waals surface area contributed by atoms with Crippen LogP contribution >= 0.6 is 11.6 Å². The summed E-state index contributed by atoms with van der Waals surface area (Å²) >= 11 is 5.84. The van der Waals surface area contributed by atoms with Gasteiger partial charge in [0.1, 0.15) is 11.6 Å². The van der Waals surface area contributed by atoms with Crippen molar-refractivity contribution >= 4 is 11.6 Å². The number of hydrogen-bond donors (Lipinski definition) is 0. The highest BCUT2D eigenvalue weighted by atomic mass is 35.5. The lowest BCUT2D eigenvalue weighted by molar-refractivity contribution is 0.869. The van der Waals surface area contributed by atoms with Crippen LogP contribution in [-0.4, -0.2) is 15.0 Å². The Morgan fingerprint density at radius 3 is 2.38 bits per heavy atom. The summed E-state index contributed by atoms with van der Waals surface area (Å²) in [6.45, 7) is 3.90. The van der Waals surface area contributed by atoms with Crippen molar-refractivity contribution in [1.29, 1.82) is 0 Å². The average molecular weight is 234 g/mol. The Morgan fingerprint density at radius 2 is 1.75 bits per heavy atom. The Balaban J connectivity index is 2.47. The predicted molar refractivity (Wildman–Crippen MR) is 64.4 cm³/mol. The third-order valence-corrected chi connectivity index (χ3v) is 2.46. The molecule has 0 fully saturated rings. The first-order chi connectivity index (χ1) is 7.69. The molecule has 82 valence electrons. The summed E-state index contributed by atoms with van der Waals surface area (Å²) in [5, 5.41) is 0.713. The number of benzene rings is 1. The van der Waals surface area contributed by atoms with Gasteiger partial charge in [0.15, 0.2) is 5.82 Å². The van der Waals surface area contributed by atoms with Crippen molar-refractivity contribution in [3.63, 3.8) is 0 Å². The van der Waals surface area contributed by atoms with Gasteiger partial charge in [-0.3, -0.25) is 0 Å². The van der Waals surface area contributed by atoms with E-state index < -0.39 is 0 Å². The van der Waals surface area contributed by atoms with E-state index in [0.29, 0.717) is 10.8 Å². The van der Waals surface area contributed by atoms with Gasteiger partial charge in [0.25, 0.3) is 0 Å². The maximum Gasteiger partial charge on any atom is 0.163 e. The second kappa shape index (κ2) is 4.58. The van der Waals surface area contributed by atoms with Crippen molar-refractivity contribution in [1.82, 2.24) is 15.0 Å². The van der Waals surface area contributed by atoms with E-state index in [1.54, 1.807) is 0 Å². The fourth-order valence-electron chi connectivity index (χ4n) is 1.42. The fourth-order valence-corrected chi connectivity index (χ4v) is 1.55. The Hall–Kier alpha value is -1.48. The monoisotopic (exact) mass is 233 g/mol. The van der Waals surface area contributed by atoms with Gasteiger partial charge in [-0.2, -0.15) is 0 Å². The molecule has 0 aliphatic heterocycles. The highest BCUT2D eigenvalue weighted by Gasteiger charge is 2.04. The third-order valence-electron chi connectivity index (χ3n) is 2.21. The maximum absolute atomic E-state index is 5.84. The van der Waals surface area contributed by atoms with Gasteiger partial charge in [-0.05, 0) is 31.2 Å². The molecular weight excluding hydrogens is 222 g/mol. The lowest BCUT2D eigenvalue weighted by Gasteiger charge is -2.03. The first-order valence-corrected chi connectivity index (χ1v) is 5.54. The van der Waals surface area contributed by atoms with E-state index in [9.17, 15) is 0 Å². The number of rotatable bonds is 2. The molecule has 0 unspecified atom stereocenters. The molecule has 1 aromatic heterocycles. The summed E-state index contributed by atoms with van der Waals surface area (Å²) in [6.07, 6.45) is 0.809. The van der Waals surface area contributed by atoms with Crippen LogP contribution in [0.25, 0.3) is 11.4 Å². The second-order valence-corrected chi connectivity index (χ2v) is 3.92. The molecular formula is C12H12ClN3. The summed E-state index contributed by atoms with van der Waals surface area (Å²) in [7, 11) is 0. The molecule has 2 aromatic rings. The lowest BCUT2D eigenvalue weighted by atomic mass is 10.2. The van der Waals surface area contributed by atoms with Gasteiger partial charge in [0, 0.05) is 17.0 Å². The van der Waals surface area contributed by atoms with Crippen molar-refractivity contribution in [3.05, 3.63) is 40.9 Å². The Bertz CT molecular complexity index is 494. The molecule has 1 heterocycles. The number of hydrogen-bond acceptors (Lipinski definition) is 3. The van der Waals surface area contributed by atoms with E-state index in [1.165, 1.54) is 0 Å². The zero-order valence-electron chi connectivity index (χ0n) is 9.24. The van der Waals surface area contributed by atoms with E-state index >= 15 is 0 Å². The van der Waals surface area contributed by atoms with Crippen molar-refractivity contribution in [2.24, 2.45) is 0 Å². The normalized spacial score (nSPS) is 10.4. The molecule has 0 amide bonds. The number of aromatic nitrogens is 3. The maximum atomic E-state index is 5.84. The van der Waals surface area contributed by atoms with E-state index in [4.69, 9.17) is 11.6 Å². The molecule has 0 atom stereocenters. The smallest absolute Gasteiger partial charge is 0.163 e. The summed E-state index contributed by atoms with van der Waals surface area (Å²) in [5.41, 5.74) is 0.963. The molecule has 0 bridgehead atoms. The fraction of sp³-hybridized carbons (Fsp3) is 0.250. The Kier molecular flexibility index (Phi) is 3.15. The summed E-state index contributed by atoms with van der Waals surface area (Å²) in [5.74, 6) is 2.27. The lowest BCUT2D eigenvalue weighted by Crippen LogP contribution is -2.01. The van der Waals surface area contributed by atoms with E-state index in [0.717, 1.165) is 23.6 Å². The average Bonchev–Trinajstić information content (AvgIpc) is 2.29. The van der Waals surface area contributed by atoms with Crippen LogP contribution in [0.1, 0.15) is 18.6 Å². The Morgan fingerprint density at radius 1 is 1.06 bits per heavy atom. The number of halogens is 1. The molecule has 0 saturated heterocycles. The Labute approximate surface area is 99.5 Å². The number of nitrogens with zero attached hydrogens (tertiary/aromatic N) is 3. The largest absolute Gasteiger partial charge is 0.218 e. The molecule has 0 saturated carbocycles. The first-order valence-electron chi connectivity index (χ1n) is 5.16. The highest BCUT2D eigenvalue weighted by molar-refractivity contribution is 6.30. The van der Waals surface area contributed by atoms with Crippen LogP contribution in [0.5, 0.6) is 0 Å². The zero-order chi connectivity index (χ0) is 11.5. The predicted octanol–water partition coefficient (Wildman–Crippen LogP) is 3.06. The minimum atomic E-state index is 0.709.